The molecule has 0 bridgehead atoms. The molecule has 0 radical (unpaired) electrons. The van der Waals surface area contributed by atoms with Crippen LogP contribution < -0.4 is 10.9 Å². The summed E-state index contributed by atoms with van der Waals surface area (Å²) < 4.78 is 20.1. The second-order valence-electron chi connectivity index (χ2n) is 8.11. The first-order valence-electron chi connectivity index (χ1n) is 9.34. The Labute approximate surface area is 163 Å². The van der Waals surface area contributed by atoms with E-state index in [1.54, 1.807) is 23.9 Å². The molecule has 0 aliphatic heterocycles. The fraction of sp³-hybridized carbons (Fsp3) is 0.429. The molecule has 2 heterocycles. The van der Waals surface area contributed by atoms with Gasteiger partial charge in [0, 0.05) is 36.1 Å². The predicted octanol–water partition coefficient (Wildman–Crippen LogP) is 3.27. The highest BCUT2D eigenvalue weighted by molar-refractivity contribution is 5.81. The number of hydrogen-bond acceptors (Lipinski definition) is 4. The van der Waals surface area contributed by atoms with E-state index in [0.717, 1.165) is 11.1 Å². The molecule has 0 amide bonds. The number of ether oxygens (including phenoxy) is 1. The Bertz CT molecular complexity index is 1020. The number of nitrogens with zero attached hydrogens (tertiary/aromatic N) is 2. The van der Waals surface area contributed by atoms with Crippen molar-refractivity contribution < 1.29 is 9.13 Å². The van der Waals surface area contributed by atoms with Crippen molar-refractivity contribution in [2.24, 2.45) is 0 Å². The number of hydrogen-bond donors (Lipinski definition) is 2. The molecule has 3 aromatic rings. The van der Waals surface area contributed by atoms with Gasteiger partial charge in [0.05, 0.1) is 18.0 Å². The lowest BCUT2D eigenvalue weighted by molar-refractivity contribution is 0.171. The topological polar surface area (TPSA) is 71.9 Å². The first-order chi connectivity index (χ1) is 13.2. The van der Waals surface area contributed by atoms with Crippen LogP contribution in [0.3, 0.4) is 0 Å². The lowest BCUT2D eigenvalue weighted by atomic mass is 9.90. The van der Waals surface area contributed by atoms with Gasteiger partial charge in [-0.3, -0.25) is 4.79 Å². The molecule has 1 aromatic carbocycles. The monoisotopic (exact) mass is 386 g/mol. The van der Waals surface area contributed by atoms with Gasteiger partial charge in [-0.05, 0) is 37.3 Å². The third kappa shape index (κ3) is 4.15. The third-order valence-corrected chi connectivity index (χ3v) is 4.60. The van der Waals surface area contributed by atoms with Crippen LogP contribution in [0.25, 0.3) is 16.7 Å². The maximum absolute atomic E-state index is 13.3. The molecule has 0 saturated heterocycles. The van der Waals surface area contributed by atoms with Gasteiger partial charge in [0.2, 0.25) is 0 Å². The van der Waals surface area contributed by atoms with Crippen LogP contribution in [0.1, 0.15) is 39.0 Å². The average molecular weight is 386 g/mol. The number of benzene rings is 1. The summed E-state index contributed by atoms with van der Waals surface area (Å²) in [5.41, 5.74) is 2.41. The van der Waals surface area contributed by atoms with E-state index < -0.39 is 0 Å². The summed E-state index contributed by atoms with van der Waals surface area (Å²) in [5.74, 6) is -0.316. The number of fused-ring (bicyclic) bond motifs is 1. The van der Waals surface area contributed by atoms with Crippen LogP contribution in [0, 0.1) is 5.82 Å². The average Bonchev–Trinajstić information content (AvgIpc) is 2.99. The largest absolute Gasteiger partial charge is 0.383 e. The summed E-state index contributed by atoms with van der Waals surface area (Å²) in [6, 6.07) is 8.08. The predicted molar refractivity (Wildman–Crippen MR) is 109 cm³/mol. The van der Waals surface area contributed by atoms with Gasteiger partial charge in [0.15, 0.2) is 0 Å². The Morgan fingerprint density at radius 2 is 1.96 bits per heavy atom. The Kier molecular flexibility index (Phi) is 5.67. The smallest absolute Gasteiger partial charge is 0.254 e. The van der Waals surface area contributed by atoms with E-state index in [4.69, 9.17) is 9.84 Å². The van der Waals surface area contributed by atoms with Crippen molar-refractivity contribution in [1.29, 1.82) is 0 Å². The standard InChI is InChI=1S/C21H27FN4O2/c1-13(12-28-5)23-11-14-10-17-18(21(2,3)4)25-26(19(17)24-20(14)27)16-8-6-15(22)7-9-16/h6-10,13,23H,11-12H2,1-5H3,(H,24,27). The highest BCUT2D eigenvalue weighted by Crippen LogP contribution is 2.30. The van der Waals surface area contributed by atoms with E-state index >= 15 is 0 Å². The summed E-state index contributed by atoms with van der Waals surface area (Å²) in [6.07, 6.45) is 0. The molecular formula is C21H27FN4O2. The zero-order valence-electron chi connectivity index (χ0n) is 17.0. The van der Waals surface area contributed by atoms with E-state index in [1.807, 2.05) is 13.0 Å². The summed E-state index contributed by atoms with van der Waals surface area (Å²) in [7, 11) is 1.65. The molecule has 2 aromatic heterocycles. The van der Waals surface area contributed by atoms with Crippen LogP contribution in [0.5, 0.6) is 0 Å². The lowest BCUT2D eigenvalue weighted by Gasteiger charge is -2.16. The molecule has 1 unspecified atom stereocenters. The molecule has 0 spiro atoms. The number of rotatable bonds is 6. The van der Waals surface area contributed by atoms with Crippen molar-refractivity contribution >= 4 is 11.0 Å². The minimum Gasteiger partial charge on any atom is -0.383 e. The molecule has 6 nitrogen and oxygen atoms in total. The van der Waals surface area contributed by atoms with Gasteiger partial charge in [-0.1, -0.05) is 20.8 Å². The van der Waals surface area contributed by atoms with Crippen molar-refractivity contribution in [2.75, 3.05) is 13.7 Å². The van der Waals surface area contributed by atoms with Crippen molar-refractivity contribution in [3.8, 4) is 5.69 Å². The number of aromatic amines is 1. The van der Waals surface area contributed by atoms with Crippen molar-refractivity contribution in [2.45, 2.75) is 45.7 Å². The number of H-pyrrole nitrogens is 1. The molecule has 0 aliphatic carbocycles. The number of halogens is 1. The van der Waals surface area contributed by atoms with E-state index in [9.17, 15) is 9.18 Å². The Morgan fingerprint density at radius 3 is 2.57 bits per heavy atom. The van der Waals surface area contributed by atoms with E-state index in [0.29, 0.717) is 30.0 Å². The number of pyridine rings is 1. The van der Waals surface area contributed by atoms with Crippen molar-refractivity contribution in [3.05, 3.63) is 57.8 Å². The molecular weight excluding hydrogens is 359 g/mol. The first-order valence-corrected chi connectivity index (χ1v) is 9.34. The summed E-state index contributed by atoms with van der Waals surface area (Å²) in [6.45, 7) is 9.23. The molecule has 28 heavy (non-hydrogen) atoms. The summed E-state index contributed by atoms with van der Waals surface area (Å²) in [5, 5.41) is 8.93. The molecule has 3 rings (SSSR count). The normalized spacial score (nSPS) is 13.2. The van der Waals surface area contributed by atoms with Gasteiger partial charge in [-0.15, -0.1) is 0 Å². The second kappa shape index (κ2) is 7.85. The third-order valence-electron chi connectivity index (χ3n) is 4.60. The SMILES string of the molecule is COCC(C)NCc1cc2c(C(C)(C)C)nn(-c3ccc(F)cc3)c2[nH]c1=O. The van der Waals surface area contributed by atoms with Gasteiger partial charge >= 0.3 is 0 Å². The van der Waals surface area contributed by atoms with Crippen LogP contribution in [0.15, 0.2) is 35.1 Å². The van der Waals surface area contributed by atoms with E-state index in [1.165, 1.54) is 12.1 Å². The zero-order valence-corrected chi connectivity index (χ0v) is 17.0. The molecule has 0 fully saturated rings. The highest BCUT2D eigenvalue weighted by Gasteiger charge is 2.24. The van der Waals surface area contributed by atoms with Crippen LogP contribution >= 0.6 is 0 Å². The van der Waals surface area contributed by atoms with E-state index in [2.05, 4.69) is 31.1 Å². The zero-order chi connectivity index (χ0) is 20.5. The number of aromatic nitrogens is 3. The Morgan fingerprint density at radius 1 is 1.29 bits per heavy atom. The summed E-state index contributed by atoms with van der Waals surface area (Å²) >= 11 is 0. The quantitative estimate of drug-likeness (QED) is 0.682. The minimum absolute atomic E-state index is 0.129. The summed E-state index contributed by atoms with van der Waals surface area (Å²) in [4.78, 5) is 15.6. The maximum atomic E-state index is 13.3. The molecule has 7 heteroatoms. The van der Waals surface area contributed by atoms with Crippen LogP contribution in [0.2, 0.25) is 0 Å². The Hall–Kier alpha value is -2.51. The second-order valence-corrected chi connectivity index (χ2v) is 8.11. The molecule has 0 aliphatic rings. The van der Waals surface area contributed by atoms with Crippen LogP contribution in [-0.4, -0.2) is 34.5 Å². The van der Waals surface area contributed by atoms with E-state index in [-0.39, 0.29) is 22.8 Å². The first kappa shape index (κ1) is 20.2. The van der Waals surface area contributed by atoms with Crippen molar-refractivity contribution in [3.63, 3.8) is 0 Å². The number of nitrogens with one attached hydrogen (secondary N) is 2. The maximum Gasteiger partial charge on any atom is 0.254 e. The van der Waals surface area contributed by atoms with Crippen LogP contribution in [0.4, 0.5) is 4.39 Å². The number of methoxy groups -OCH3 is 1. The molecule has 0 saturated carbocycles. The van der Waals surface area contributed by atoms with Gasteiger partial charge < -0.3 is 15.0 Å². The highest BCUT2D eigenvalue weighted by atomic mass is 19.1. The fourth-order valence-corrected chi connectivity index (χ4v) is 3.16. The van der Waals surface area contributed by atoms with Gasteiger partial charge in [-0.25, -0.2) is 9.07 Å². The lowest BCUT2D eigenvalue weighted by Crippen LogP contribution is -2.31. The molecule has 2 N–H and O–H groups in total. The van der Waals surface area contributed by atoms with Crippen LogP contribution in [-0.2, 0) is 16.7 Å². The molecule has 150 valence electrons. The van der Waals surface area contributed by atoms with Gasteiger partial charge in [0.1, 0.15) is 11.5 Å². The minimum atomic E-state index is -0.316. The van der Waals surface area contributed by atoms with Gasteiger partial charge in [-0.2, -0.15) is 5.10 Å². The van der Waals surface area contributed by atoms with Gasteiger partial charge in [0.25, 0.3) is 5.56 Å². The fourth-order valence-electron chi connectivity index (χ4n) is 3.16. The molecule has 1 atom stereocenters. The van der Waals surface area contributed by atoms with Crippen molar-refractivity contribution in [1.82, 2.24) is 20.1 Å². The Balaban J connectivity index is 2.11.